The lowest BCUT2D eigenvalue weighted by atomic mass is 10.2. The van der Waals surface area contributed by atoms with Gasteiger partial charge in [0.1, 0.15) is 12.4 Å². The standard InChI is InChI=1S/C17H15NO3/c1-20-17-10-16(19)14-8-7-13(9-15(14)18-17)21-11-12-5-3-2-4-6-12/h2-10H,11H2,1H3,(H,18,19). The highest BCUT2D eigenvalue weighted by molar-refractivity contribution is 5.80. The van der Waals surface area contributed by atoms with Crippen molar-refractivity contribution in [1.29, 1.82) is 0 Å². The van der Waals surface area contributed by atoms with Crippen molar-refractivity contribution in [2.24, 2.45) is 0 Å². The SMILES string of the molecule is COc1cc(=O)c2ccc(OCc3ccccc3)cc2[nH]1. The summed E-state index contributed by atoms with van der Waals surface area (Å²) < 4.78 is 10.8. The van der Waals surface area contributed by atoms with Gasteiger partial charge in [0.2, 0.25) is 0 Å². The van der Waals surface area contributed by atoms with Gasteiger partial charge in [-0.05, 0) is 17.7 Å². The number of hydrogen-bond donors (Lipinski definition) is 1. The fourth-order valence-electron chi connectivity index (χ4n) is 2.15. The van der Waals surface area contributed by atoms with Crippen molar-refractivity contribution < 1.29 is 9.47 Å². The van der Waals surface area contributed by atoms with Crippen molar-refractivity contribution in [3.8, 4) is 11.6 Å². The monoisotopic (exact) mass is 281 g/mol. The summed E-state index contributed by atoms with van der Waals surface area (Å²) in [6.45, 7) is 0.487. The number of aromatic nitrogens is 1. The van der Waals surface area contributed by atoms with E-state index in [-0.39, 0.29) is 5.43 Å². The normalized spacial score (nSPS) is 10.5. The van der Waals surface area contributed by atoms with Crippen LogP contribution in [0.1, 0.15) is 5.56 Å². The fraction of sp³-hybridized carbons (Fsp3) is 0.118. The Kier molecular flexibility index (Phi) is 3.60. The molecule has 0 saturated heterocycles. The molecule has 0 spiro atoms. The molecule has 0 aliphatic rings. The van der Waals surface area contributed by atoms with E-state index in [9.17, 15) is 4.79 Å². The van der Waals surface area contributed by atoms with E-state index in [1.165, 1.54) is 13.2 Å². The van der Waals surface area contributed by atoms with Gasteiger partial charge in [-0.1, -0.05) is 30.3 Å². The molecule has 0 bridgehead atoms. The van der Waals surface area contributed by atoms with Crippen LogP contribution >= 0.6 is 0 Å². The summed E-state index contributed by atoms with van der Waals surface area (Å²) in [4.78, 5) is 15.0. The second-order valence-electron chi connectivity index (χ2n) is 4.68. The Hall–Kier alpha value is -2.75. The van der Waals surface area contributed by atoms with Gasteiger partial charge in [-0.25, -0.2) is 0 Å². The van der Waals surface area contributed by atoms with Crippen LogP contribution < -0.4 is 14.9 Å². The van der Waals surface area contributed by atoms with Crippen molar-refractivity contribution >= 4 is 10.9 Å². The lowest BCUT2D eigenvalue weighted by Gasteiger charge is -2.08. The maximum Gasteiger partial charge on any atom is 0.194 e. The van der Waals surface area contributed by atoms with E-state index in [2.05, 4.69) is 4.98 Å². The van der Waals surface area contributed by atoms with Crippen molar-refractivity contribution in [3.63, 3.8) is 0 Å². The molecule has 0 aliphatic carbocycles. The van der Waals surface area contributed by atoms with Crippen LogP contribution in [0, 0.1) is 0 Å². The molecule has 0 atom stereocenters. The summed E-state index contributed by atoms with van der Waals surface area (Å²) in [5.74, 6) is 1.14. The summed E-state index contributed by atoms with van der Waals surface area (Å²) in [6.07, 6.45) is 0. The fourth-order valence-corrected chi connectivity index (χ4v) is 2.15. The topological polar surface area (TPSA) is 51.3 Å². The molecule has 2 aromatic carbocycles. The van der Waals surface area contributed by atoms with Crippen molar-refractivity contribution in [3.05, 3.63) is 70.4 Å². The number of H-pyrrole nitrogens is 1. The summed E-state index contributed by atoms with van der Waals surface area (Å²) in [6, 6.07) is 16.7. The third-order valence-corrected chi connectivity index (χ3v) is 3.24. The van der Waals surface area contributed by atoms with E-state index in [0.29, 0.717) is 29.1 Å². The van der Waals surface area contributed by atoms with E-state index >= 15 is 0 Å². The molecule has 0 amide bonds. The van der Waals surface area contributed by atoms with Gasteiger partial charge in [-0.3, -0.25) is 4.79 Å². The number of benzene rings is 2. The highest BCUT2D eigenvalue weighted by Gasteiger charge is 2.04. The Balaban J connectivity index is 1.88. The van der Waals surface area contributed by atoms with Crippen molar-refractivity contribution in [1.82, 2.24) is 4.98 Å². The summed E-state index contributed by atoms with van der Waals surface area (Å²) in [7, 11) is 1.52. The number of ether oxygens (including phenoxy) is 2. The van der Waals surface area contributed by atoms with Crippen LogP contribution in [0.15, 0.2) is 59.4 Å². The minimum atomic E-state index is -0.0739. The molecule has 0 saturated carbocycles. The third kappa shape index (κ3) is 2.89. The number of aromatic amines is 1. The van der Waals surface area contributed by atoms with Gasteiger partial charge in [-0.2, -0.15) is 0 Å². The Morgan fingerprint density at radius 2 is 1.86 bits per heavy atom. The summed E-state index contributed by atoms with van der Waals surface area (Å²) in [5.41, 5.74) is 1.72. The molecule has 0 aliphatic heterocycles. The van der Waals surface area contributed by atoms with Crippen LogP contribution in [0.4, 0.5) is 0 Å². The molecule has 1 N–H and O–H groups in total. The summed E-state index contributed by atoms with van der Waals surface area (Å²) in [5, 5.41) is 0.614. The lowest BCUT2D eigenvalue weighted by molar-refractivity contribution is 0.306. The molecule has 1 aromatic heterocycles. The number of pyridine rings is 1. The minimum Gasteiger partial charge on any atom is -0.489 e. The molecule has 0 unspecified atom stereocenters. The Morgan fingerprint density at radius 1 is 1.05 bits per heavy atom. The van der Waals surface area contributed by atoms with Crippen LogP contribution in [0.25, 0.3) is 10.9 Å². The first-order valence-corrected chi connectivity index (χ1v) is 6.64. The predicted octanol–water partition coefficient (Wildman–Crippen LogP) is 3.12. The van der Waals surface area contributed by atoms with Gasteiger partial charge in [0.05, 0.1) is 12.6 Å². The van der Waals surface area contributed by atoms with Crippen LogP contribution in [0.5, 0.6) is 11.6 Å². The smallest absolute Gasteiger partial charge is 0.194 e. The average molecular weight is 281 g/mol. The largest absolute Gasteiger partial charge is 0.489 e. The average Bonchev–Trinajstić information content (AvgIpc) is 2.53. The predicted molar refractivity (Wildman–Crippen MR) is 81.9 cm³/mol. The van der Waals surface area contributed by atoms with Gasteiger partial charge in [0.25, 0.3) is 0 Å². The Morgan fingerprint density at radius 3 is 2.62 bits per heavy atom. The van der Waals surface area contributed by atoms with Crippen LogP contribution in [-0.4, -0.2) is 12.1 Å². The van der Waals surface area contributed by atoms with Gasteiger partial charge in [-0.15, -0.1) is 0 Å². The second-order valence-corrected chi connectivity index (χ2v) is 4.68. The molecule has 3 aromatic rings. The zero-order chi connectivity index (χ0) is 14.7. The van der Waals surface area contributed by atoms with Crippen LogP contribution in [0.3, 0.4) is 0 Å². The highest BCUT2D eigenvalue weighted by atomic mass is 16.5. The lowest BCUT2D eigenvalue weighted by Crippen LogP contribution is -2.03. The van der Waals surface area contributed by atoms with Crippen LogP contribution in [0.2, 0.25) is 0 Å². The molecule has 4 nitrogen and oxygen atoms in total. The Bertz CT molecular complexity index is 809. The molecule has 21 heavy (non-hydrogen) atoms. The molecule has 3 rings (SSSR count). The van der Waals surface area contributed by atoms with E-state index in [0.717, 1.165) is 5.56 Å². The molecule has 4 heteroatoms. The molecule has 0 fully saturated rings. The van der Waals surface area contributed by atoms with Crippen molar-refractivity contribution in [2.45, 2.75) is 6.61 Å². The van der Waals surface area contributed by atoms with Gasteiger partial charge in [0.15, 0.2) is 11.3 Å². The van der Waals surface area contributed by atoms with E-state index < -0.39 is 0 Å². The van der Waals surface area contributed by atoms with Crippen LogP contribution in [-0.2, 0) is 6.61 Å². The number of methoxy groups -OCH3 is 1. The van der Waals surface area contributed by atoms with Crippen molar-refractivity contribution in [2.75, 3.05) is 7.11 Å². The maximum absolute atomic E-state index is 11.9. The van der Waals surface area contributed by atoms with Gasteiger partial charge >= 0.3 is 0 Å². The number of fused-ring (bicyclic) bond motifs is 1. The first-order chi connectivity index (χ1) is 10.3. The highest BCUT2D eigenvalue weighted by Crippen LogP contribution is 2.20. The molecule has 106 valence electrons. The van der Waals surface area contributed by atoms with Gasteiger partial charge < -0.3 is 14.5 Å². The quantitative estimate of drug-likeness (QED) is 0.799. The molecular weight excluding hydrogens is 266 g/mol. The minimum absolute atomic E-state index is 0.0739. The number of rotatable bonds is 4. The molecular formula is C17H15NO3. The van der Waals surface area contributed by atoms with E-state index in [1.807, 2.05) is 36.4 Å². The number of nitrogens with one attached hydrogen (secondary N) is 1. The molecule has 1 heterocycles. The zero-order valence-corrected chi connectivity index (χ0v) is 11.6. The number of hydrogen-bond acceptors (Lipinski definition) is 3. The molecule has 0 radical (unpaired) electrons. The Labute approximate surface area is 122 Å². The first kappa shape index (κ1) is 13.2. The third-order valence-electron chi connectivity index (χ3n) is 3.24. The maximum atomic E-state index is 11.9. The zero-order valence-electron chi connectivity index (χ0n) is 11.6. The van der Waals surface area contributed by atoms with E-state index in [1.54, 1.807) is 12.1 Å². The summed E-state index contributed by atoms with van der Waals surface area (Å²) >= 11 is 0. The first-order valence-electron chi connectivity index (χ1n) is 6.64. The van der Waals surface area contributed by atoms with E-state index in [4.69, 9.17) is 9.47 Å². The second kappa shape index (κ2) is 5.71. The van der Waals surface area contributed by atoms with Gasteiger partial charge in [0, 0.05) is 17.5 Å².